The maximum atomic E-state index is 12.8. The Balaban J connectivity index is 0.000000446. The van der Waals surface area contributed by atoms with Crippen molar-refractivity contribution in [3.05, 3.63) is 60.2 Å². The minimum absolute atomic E-state index is 0.0214. The number of carbonyl (C=O) groups is 5. The maximum Gasteiger partial charge on any atom is 0.267 e. The lowest BCUT2D eigenvalue weighted by Crippen LogP contribution is -2.48. The Morgan fingerprint density at radius 2 is 1.48 bits per heavy atom. The van der Waals surface area contributed by atoms with Crippen molar-refractivity contribution in [3.63, 3.8) is 0 Å². The van der Waals surface area contributed by atoms with Gasteiger partial charge in [0.2, 0.25) is 0 Å². The first-order valence-electron chi connectivity index (χ1n) is 14.9. The highest BCUT2D eigenvalue weighted by molar-refractivity contribution is 6.25. The summed E-state index contributed by atoms with van der Waals surface area (Å²) >= 11 is 0. The molecule has 1 amide bonds. The lowest BCUT2D eigenvalue weighted by Gasteiger charge is -2.34. The molecule has 0 radical (unpaired) electrons. The van der Waals surface area contributed by atoms with E-state index in [4.69, 9.17) is 49.3 Å². The SMILES string of the molecule is CCOCCn1c(CN2CCN(CCNC(=O)c3cc4ccccc4n3C)CC2)nc2cccnc21.O=C([O-])C(=O)[O-].O=C([O-])C(=O)[O-]. The summed E-state index contributed by atoms with van der Waals surface area (Å²) < 4.78 is 9.74. The number of piperazine rings is 1. The number of aromatic nitrogens is 4. The predicted octanol–water partition coefficient (Wildman–Crippen LogP) is -4.52. The summed E-state index contributed by atoms with van der Waals surface area (Å²) in [7, 11) is 1.94. The number of nitrogens with one attached hydrogen (secondary N) is 1. The Morgan fingerprint density at radius 3 is 2.08 bits per heavy atom. The summed E-state index contributed by atoms with van der Waals surface area (Å²) in [6.45, 7) is 10.3. The number of aryl methyl sites for hydroxylation is 1. The molecule has 0 bridgehead atoms. The number of pyridine rings is 1. The first kappa shape index (κ1) is 37.1. The van der Waals surface area contributed by atoms with Gasteiger partial charge in [-0.2, -0.15) is 0 Å². The highest BCUT2D eigenvalue weighted by Gasteiger charge is 2.21. The van der Waals surface area contributed by atoms with Crippen molar-refractivity contribution in [1.82, 2.24) is 34.2 Å². The molecule has 17 nitrogen and oxygen atoms in total. The molecule has 5 rings (SSSR count). The maximum absolute atomic E-state index is 12.8. The van der Waals surface area contributed by atoms with Gasteiger partial charge in [0.05, 0.1) is 37.0 Å². The number of carboxylic acids is 4. The van der Waals surface area contributed by atoms with Gasteiger partial charge < -0.3 is 58.8 Å². The van der Waals surface area contributed by atoms with Crippen molar-refractivity contribution in [2.24, 2.45) is 7.05 Å². The molecule has 1 fully saturated rings. The minimum Gasteiger partial charge on any atom is -0.543 e. The molecule has 1 N–H and O–H groups in total. The van der Waals surface area contributed by atoms with E-state index >= 15 is 0 Å². The molecule has 1 aromatic carbocycles. The van der Waals surface area contributed by atoms with Gasteiger partial charge in [-0.3, -0.25) is 14.6 Å². The second-order valence-electron chi connectivity index (χ2n) is 10.4. The van der Waals surface area contributed by atoms with E-state index in [0.717, 1.165) is 73.7 Å². The molecule has 1 saturated heterocycles. The number of nitrogens with zero attached hydrogens (tertiary/aromatic N) is 6. The van der Waals surface area contributed by atoms with Crippen LogP contribution in [0.2, 0.25) is 0 Å². The van der Waals surface area contributed by atoms with E-state index < -0.39 is 23.9 Å². The second-order valence-corrected chi connectivity index (χ2v) is 10.4. The molecular weight excluding hydrogens is 630 g/mol. The predicted molar refractivity (Wildman–Crippen MR) is 161 cm³/mol. The number of hydrogen-bond acceptors (Lipinski definition) is 14. The van der Waals surface area contributed by atoms with Crippen LogP contribution < -0.4 is 25.7 Å². The number of amides is 1. The number of benzene rings is 1. The van der Waals surface area contributed by atoms with Gasteiger partial charge in [0.1, 0.15) is 17.0 Å². The van der Waals surface area contributed by atoms with Gasteiger partial charge in [0, 0.05) is 76.6 Å². The molecule has 258 valence electrons. The summed E-state index contributed by atoms with van der Waals surface area (Å²) in [6, 6.07) is 14.0. The zero-order valence-electron chi connectivity index (χ0n) is 26.5. The first-order chi connectivity index (χ1) is 22.9. The molecule has 4 heterocycles. The zero-order chi connectivity index (χ0) is 35.2. The van der Waals surface area contributed by atoms with Crippen molar-refractivity contribution < 1.29 is 49.1 Å². The van der Waals surface area contributed by atoms with Gasteiger partial charge in [0.25, 0.3) is 5.91 Å². The summed E-state index contributed by atoms with van der Waals surface area (Å²) in [4.78, 5) is 62.7. The molecule has 0 spiro atoms. The number of fused-ring (bicyclic) bond motifs is 2. The molecule has 48 heavy (non-hydrogen) atoms. The molecule has 0 atom stereocenters. The lowest BCUT2D eigenvalue weighted by atomic mass is 10.2. The minimum atomic E-state index is -2.19. The van der Waals surface area contributed by atoms with Crippen molar-refractivity contribution in [1.29, 1.82) is 0 Å². The number of carboxylic acid groups (broad SMARTS) is 4. The van der Waals surface area contributed by atoms with E-state index in [-0.39, 0.29) is 5.91 Å². The van der Waals surface area contributed by atoms with Crippen molar-refractivity contribution >= 4 is 51.9 Å². The number of ether oxygens (including phenoxy) is 1. The average Bonchev–Trinajstić information content (AvgIpc) is 3.59. The molecular formula is C31H35N7O10-4. The number of carbonyl (C=O) groups excluding carboxylic acids is 5. The van der Waals surface area contributed by atoms with E-state index in [2.05, 4.69) is 24.7 Å². The van der Waals surface area contributed by atoms with Crippen LogP contribution in [-0.2, 0) is 44.1 Å². The van der Waals surface area contributed by atoms with Crippen molar-refractivity contribution in [3.8, 4) is 0 Å². The lowest BCUT2D eigenvalue weighted by molar-refractivity contribution is -0.345. The topological polar surface area (TPSA) is 241 Å². The van der Waals surface area contributed by atoms with Crippen LogP contribution in [0.4, 0.5) is 0 Å². The van der Waals surface area contributed by atoms with Gasteiger partial charge in [-0.1, -0.05) is 18.2 Å². The third-order valence-electron chi connectivity index (χ3n) is 7.31. The van der Waals surface area contributed by atoms with E-state index in [1.807, 2.05) is 67.2 Å². The average molecular weight is 666 g/mol. The highest BCUT2D eigenvalue weighted by Crippen LogP contribution is 2.18. The molecule has 1 aliphatic heterocycles. The number of rotatable bonds is 10. The van der Waals surface area contributed by atoms with Gasteiger partial charge in [-0.25, -0.2) is 9.97 Å². The Morgan fingerprint density at radius 1 is 0.854 bits per heavy atom. The quantitative estimate of drug-likeness (QED) is 0.124. The highest BCUT2D eigenvalue weighted by atomic mass is 16.5. The van der Waals surface area contributed by atoms with E-state index in [1.54, 1.807) is 0 Å². The number of imidazole rings is 1. The Bertz CT molecular complexity index is 1680. The van der Waals surface area contributed by atoms with Gasteiger partial charge >= 0.3 is 0 Å². The third-order valence-corrected chi connectivity index (χ3v) is 7.31. The summed E-state index contributed by atoms with van der Waals surface area (Å²) in [6.07, 6.45) is 1.82. The standard InChI is InChI=1S/C27H35N7O2.2C2H2O4/c1-3-36-18-17-34-25(30-22-8-6-10-28-26(22)34)20-33-15-13-32(14-16-33)12-11-29-27(35)24-19-21-7-4-5-9-23(21)31(24)2;2*3-1(4)2(5)6/h4-10,19H,3,11-18,20H2,1-2H3,(H,29,35);2*(H,3,4)(H,5,6)/p-4. The molecule has 0 unspecified atom stereocenters. The van der Waals surface area contributed by atoms with Crippen LogP contribution in [0.15, 0.2) is 48.7 Å². The fourth-order valence-electron chi connectivity index (χ4n) is 4.96. The van der Waals surface area contributed by atoms with Crippen LogP contribution >= 0.6 is 0 Å². The smallest absolute Gasteiger partial charge is 0.267 e. The largest absolute Gasteiger partial charge is 0.543 e. The van der Waals surface area contributed by atoms with Crippen molar-refractivity contribution in [2.75, 3.05) is 52.5 Å². The number of para-hydroxylation sites is 1. The first-order valence-corrected chi connectivity index (χ1v) is 14.9. The van der Waals surface area contributed by atoms with Crippen LogP contribution in [0.3, 0.4) is 0 Å². The van der Waals surface area contributed by atoms with Crippen LogP contribution in [0, 0.1) is 0 Å². The van der Waals surface area contributed by atoms with Gasteiger partial charge in [-0.15, -0.1) is 0 Å². The van der Waals surface area contributed by atoms with Crippen molar-refractivity contribution in [2.45, 2.75) is 20.0 Å². The normalized spacial score (nSPS) is 13.2. The molecule has 17 heteroatoms. The molecule has 1 aliphatic rings. The van der Waals surface area contributed by atoms with E-state index in [0.29, 0.717) is 25.5 Å². The van der Waals surface area contributed by atoms with Gasteiger partial charge in [-0.05, 0) is 31.2 Å². The summed E-state index contributed by atoms with van der Waals surface area (Å²) in [5.41, 5.74) is 3.63. The fraction of sp³-hybridized carbons (Fsp3) is 0.387. The summed E-state index contributed by atoms with van der Waals surface area (Å²) in [5.74, 6) is -7.72. The Kier molecular flexibility index (Phi) is 14.0. The molecule has 4 aromatic rings. The third kappa shape index (κ3) is 10.6. The monoisotopic (exact) mass is 665 g/mol. The van der Waals surface area contributed by atoms with Crippen LogP contribution in [0.25, 0.3) is 22.1 Å². The number of aliphatic carboxylic acids is 4. The summed E-state index contributed by atoms with van der Waals surface area (Å²) in [5, 5.41) is 39.9. The van der Waals surface area contributed by atoms with Gasteiger partial charge in [0.15, 0.2) is 5.65 Å². The second kappa shape index (κ2) is 18.1. The molecule has 0 saturated carbocycles. The van der Waals surface area contributed by atoms with Crippen LogP contribution in [-0.4, -0.2) is 111 Å². The molecule has 3 aromatic heterocycles. The number of hydrogen-bond donors (Lipinski definition) is 1. The van der Waals surface area contributed by atoms with Crippen LogP contribution in [0.1, 0.15) is 23.2 Å². The zero-order valence-corrected chi connectivity index (χ0v) is 26.5. The fourth-order valence-corrected chi connectivity index (χ4v) is 4.96. The Hall–Kier alpha value is -5.39. The van der Waals surface area contributed by atoms with Crippen LogP contribution in [0.5, 0.6) is 0 Å². The van der Waals surface area contributed by atoms with E-state index in [9.17, 15) is 4.79 Å². The van der Waals surface area contributed by atoms with E-state index in [1.165, 1.54) is 0 Å². The molecule has 0 aliphatic carbocycles. The Labute approximate surface area is 275 Å².